The Morgan fingerprint density at radius 1 is 2.00 bits per heavy atom. The highest BCUT2D eigenvalue weighted by Crippen LogP contribution is 1.68. The zero-order valence-corrected chi connectivity index (χ0v) is 5.57. The quantitative estimate of drug-likeness (QED) is 0.314. The van der Waals surface area contributed by atoms with Gasteiger partial charge in [0, 0.05) is 0 Å². The summed E-state index contributed by atoms with van der Waals surface area (Å²) in [5.41, 5.74) is 0. The smallest absolute Gasteiger partial charge is 0.0961 e. The number of hydrogen-bond donors (Lipinski definition) is 0. The maximum Gasteiger partial charge on any atom is 0.0961 e. The fourth-order valence-corrected chi connectivity index (χ4v) is 0.500. The van der Waals surface area contributed by atoms with E-state index in [4.69, 9.17) is 0 Å². The maximum atomic E-state index is 3.54. The normalized spacial score (nSPS) is 7.20. The molecular weight excluding hydrogens is 74.9 g/mol. The van der Waals surface area contributed by atoms with Crippen LogP contribution >= 0.6 is 0 Å². The Kier molecular flexibility index (Phi) is 4.04. The van der Waals surface area contributed by atoms with Crippen molar-refractivity contribution in [3.05, 3.63) is 12.7 Å². The van der Waals surface area contributed by atoms with Crippen LogP contribution in [-0.4, -0.2) is 17.0 Å². The Morgan fingerprint density at radius 3 is 2.60 bits per heavy atom. The molecule has 0 rings (SSSR count). The summed E-state index contributed by atoms with van der Waals surface area (Å²) in [6.45, 7) is 5.74. The van der Waals surface area contributed by atoms with Gasteiger partial charge in [0.15, 0.2) is 0 Å². The second-order valence-corrected chi connectivity index (χ2v) is 1.75. The van der Waals surface area contributed by atoms with Crippen molar-refractivity contribution in [2.75, 3.05) is 0 Å². The summed E-state index contributed by atoms with van der Waals surface area (Å²) in [6.07, 6.45) is 3.00. The van der Waals surface area contributed by atoms with Gasteiger partial charge in [-0.1, -0.05) is 12.4 Å². The number of rotatable bonds is 2. The molecule has 0 aromatic rings. The van der Waals surface area contributed by atoms with E-state index in [9.17, 15) is 0 Å². The fraction of sp³-hybridized carbons (Fsp3) is 0.333. The molecule has 0 unspecified atom stereocenters. The Morgan fingerprint density at radius 2 is 2.60 bits per heavy atom. The molecule has 0 heterocycles. The van der Waals surface area contributed by atoms with Gasteiger partial charge in [-0.2, -0.15) is 0 Å². The molecule has 0 saturated heterocycles. The van der Waals surface area contributed by atoms with E-state index < -0.39 is 0 Å². The summed E-state index contributed by atoms with van der Waals surface area (Å²) in [6, 6.07) is 0. The molecule has 27 valence electrons. The SMILES string of the molecule is C=CC[B][SiH3]. The lowest BCUT2D eigenvalue weighted by Gasteiger charge is -1.69. The molecular formula is C3H8BSi. The minimum atomic E-state index is 1.09. The third-order valence-electron chi connectivity index (χ3n) is 0.402. The largest absolute Gasteiger partial charge is 0.104 e. The molecule has 0 aromatic carbocycles. The van der Waals surface area contributed by atoms with Crippen molar-refractivity contribution in [1.82, 2.24) is 0 Å². The molecule has 0 aliphatic rings. The van der Waals surface area contributed by atoms with Crippen molar-refractivity contribution in [2.45, 2.75) is 6.32 Å². The molecule has 0 aliphatic carbocycles. The Balaban J connectivity index is 2.40. The van der Waals surface area contributed by atoms with Gasteiger partial charge in [0.1, 0.15) is 0 Å². The third-order valence-corrected chi connectivity index (χ3v) is 0.874. The van der Waals surface area contributed by atoms with Gasteiger partial charge < -0.3 is 0 Å². The average molecular weight is 83.0 g/mol. The van der Waals surface area contributed by atoms with Crippen molar-refractivity contribution < 1.29 is 0 Å². The maximum absolute atomic E-state index is 3.54. The van der Waals surface area contributed by atoms with E-state index >= 15 is 0 Å². The van der Waals surface area contributed by atoms with Crippen molar-refractivity contribution >= 4 is 17.0 Å². The summed E-state index contributed by atoms with van der Waals surface area (Å²) in [5, 5.41) is 0. The number of allylic oxidation sites excluding steroid dienone is 1. The van der Waals surface area contributed by atoms with E-state index in [2.05, 4.69) is 13.5 Å². The fourth-order valence-electron chi connectivity index (χ4n) is 0.167. The second-order valence-electron chi connectivity index (χ2n) is 0.933. The van der Waals surface area contributed by atoms with Crippen LogP contribution in [0.1, 0.15) is 0 Å². The first-order valence-electron chi connectivity index (χ1n) is 1.80. The van der Waals surface area contributed by atoms with Crippen LogP contribution in [0.25, 0.3) is 0 Å². The molecule has 0 atom stereocenters. The lowest BCUT2D eigenvalue weighted by Crippen LogP contribution is -1.79. The van der Waals surface area contributed by atoms with Gasteiger partial charge in [0.05, 0.1) is 6.87 Å². The van der Waals surface area contributed by atoms with E-state index in [1.54, 1.807) is 0 Å². The summed E-state index contributed by atoms with van der Waals surface area (Å²) >= 11 is 0. The topological polar surface area (TPSA) is 0 Å². The first-order valence-corrected chi connectivity index (χ1v) is 2.96. The molecule has 0 spiro atoms. The summed E-state index contributed by atoms with van der Waals surface area (Å²) in [4.78, 5) is 0. The third kappa shape index (κ3) is 4.02. The molecule has 0 aromatic heterocycles. The standard InChI is InChI=1S/C3H8BSi/c1-2-3-4-5/h2H,1,3H2,5H3. The van der Waals surface area contributed by atoms with Gasteiger partial charge in [-0.3, -0.25) is 0 Å². The zero-order valence-electron chi connectivity index (χ0n) is 3.57. The lowest BCUT2D eigenvalue weighted by atomic mass is 10.0. The van der Waals surface area contributed by atoms with Gasteiger partial charge in [0.2, 0.25) is 0 Å². The Hall–Kier alpha value is 0.0218. The van der Waals surface area contributed by atoms with Crippen molar-refractivity contribution in [3.8, 4) is 0 Å². The van der Waals surface area contributed by atoms with E-state index in [0.717, 1.165) is 6.32 Å². The van der Waals surface area contributed by atoms with Crippen LogP contribution in [0.5, 0.6) is 0 Å². The monoisotopic (exact) mass is 83.0 g/mol. The molecule has 0 aliphatic heterocycles. The number of hydrogen-bond acceptors (Lipinski definition) is 0. The molecule has 0 saturated carbocycles. The van der Waals surface area contributed by atoms with Crippen LogP contribution in [0.4, 0.5) is 0 Å². The van der Waals surface area contributed by atoms with E-state index in [1.807, 2.05) is 6.08 Å². The van der Waals surface area contributed by atoms with Crippen molar-refractivity contribution in [3.63, 3.8) is 0 Å². The first-order chi connectivity index (χ1) is 2.41. The minimum absolute atomic E-state index is 1.09. The van der Waals surface area contributed by atoms with Crippen LogP contribution in [0.2, 0.25) is 6.32 Å². The van der Waals surface area contributed by atoms with Crippen LogP contribution in [0, 0.1) is 0 Å². The van der Waals surface area contributed by atoms with E-state index in [1.165, 1.54) is 10.1 Å². The van der Waals surface area contributed by atoms with Gasteiger partial charge in [0.25, 0.3) is 0 Å². The molecule has 0 amide bonds. The van der Waals surface area contributed by atoms with Gasteiger partial charge in [-0.15, -0.1) is 6.58 Å². The summed E-state index contributed by atoms with van der Waals surface area (Å²) < 4.78 is 0. The Bertz CT molecular complexity index is 28.1. The molecule has 0 nitrogen and oxygen atoms in total. The van der Waals surface area contributed by atoms with E-state index in [0.29, 0.717) is 0 Å². The highest BCUT2D eigenvalue weighted by atomic mass is 28.1. The molecule has 0 bridgehead atoms. The van der Waals surface area contributed by atoms with E-state index in [-0.39, 0.29) is 0 Å². The summed E-state index contributed by atoms with van der Waals surface area (Å²) in [5.74, 6) is 0. The van der Waals surface area contributed by atoms with Crippen LogP contribution in [0.15, 0.2) is 12.7 Å². The second kappa shape index (κ2) is 4.02. The predicted octanol–water partition coefficient (Wildman–Crippen LogP) is -0.425. The van der Waals surface area contributed by atoms with Crippen molar-refractivity contribution in [2.24, 2.45) is 0 Å². The highest BCUT2D eigenvalue weighted by Gasteiger charge is 1.65. The molecule has 0 fully saturated rings. The van der Waals surface area contributed by atoms with Gasteiger partial charge in [-0.05, 0) is 10.1 Å². The highest BCUT2D eigenvalue weighted by molar-refractivity contribution is 6.89. The van der Waals surface area contributed by atoms with Crippen LogP contribution in [0.3, 0.4) is 0 Å². The van der Waals surface area contributed by atoms with Crippen LogP contribution in [-0.2, 0) is 0 Å². The Labute approximate surface area is 36.9 Å². The van der Waals surface area contributed by atoms with Gasteiger partial charge >= 0.3 is 0 Å². The molecule has 5 heavy (non-hydrogen) atoms. The first kappa shape index (κ1) is 5.02. The molecule has 2 heteroatoms. The van der Waals surface area contributed by atoms with Crippen LogP contribution < -0.4 is 0 Å². The average Bonchev–Trinajstić information content (AvgIpc) is 1.41. The minimum Gasteiger partial charge on any atom is -0.104 e. The predicted molar refractivity (Wildman–Crippen MR) is 30.7 cm³/mol. The zero-order chi connectivity index (χ0) is 4.12. The molecule has 1 radical (unpaired) electrons. The lowest BCUT2D eigenvalue weighted by molar-refractivity contribution is 1.75. The van der Waals surface area contributed by atoms with Crippen molar-refractivity contribution in [1.29, 1.82) is 0 Å². The molecule has 0 N–H and O–H groups in total. The van der Waals surface area contributed by atoms with Gasteiger partial charge in [-0.25, -0.2) is 0 Å². The summed E-state index contributed by atoms with van der Waals surface area (Å²) in [7, 11) is 1.20.